The first-order valence-corrected chi connectivity index (χ1v) is 7.41. The Labute approximate surface area is 113 Å². The third-order valence-corrected chi connectivity index (χ3v) is 3.73. The molecule has 3 N–H and O–H groups in total. The van der Waals surface area contributed by atoms with E-state index in [4.69, 9.17) is 0 Å². The fraction of sp³-hybridized carbons (Fsp3) is 0.615. The maximum Gasteiger partial charge on any atom is 0.141 e. The highest BCUT2D eigenvalue weighted by Gasteiger charge is 2.10. The summed E-state index contributed by atoms with van der Waals surface area (Å²) < 4.78 is 0. The third-order valence-electron chi connectivity index (χ3n) is 2.75. The molecule has 0 spiro atoms. The summed E-state index contributed by atoms with van der Waals surface area (Å²) in [6, 6.07) is 0. The lowest BCUT2D eigenvalue weighted by atomic mass is 10.1. The number of aromatic nitrogens is 1. The number of aromatic hydroxyl groups is 1. The van der Waals surface area contributed by atoms with Gasteiger partial charge in [-0.05, 0) is 31.4 Å². The Balaban J connectivity index is 2.48. The van der Waals surface area contributed by atoms with Crippen LogP contribution in [-0.2, 0) is 13.2 Å². The summed E-state index contributed by atoms with van der Waals surface area (Å²) in [6.07, 6.45) is 2.73. The molecule has 0 unspecified atom stereocenters. The highest BCUT2D eigenvalue weighted by Crippen LogP contribution is 2.23. The molecule has 0 aliphatic rings. The molecule has 0 amide bonds. The molecular weight excluding hydrogens is 248 g/mol. The minimum absolute atomic E-state index is 0.0937. The van der Waals surface area contributed by atoms with Crippen molar-refractivity contribution in [3.8, 4) is 5.75 Å². The van der Waals surface area contributed by atoms with E-state index in [1.807, 2.05) is 11.8 Å². The van der Waals surface area contributed by atoms with Crippen molar-refractivity contribution in [2.45, 2.75) is 33.4 Å². The summed E-state index contributed by atoms with van der Waals surface area (Å²) in [7, 11) is 0. The molecule has 18 heavy (non-hydrogen) atoms. The van der Waals surface area contributed by atoms with Gasteiger partial charge in [-0.15, -0.1) is 0 Å². The summed E-state index contributed by atoms with van der Waals surface area (Å²) in [5, 5.41) is 22.4. The molecule has 1 rings (SSSR count). The number of aryl methyl sites for hydroxylation is 1. The lowest BCUT2D eigenvalue weighted by molar-refractivity contribution is 0.278. The zero-order valence-electron chi connectivity index (χ0n) is 11.1. The molecule has 0 saturated carbocycles. The number of hydrogen-bond acceptors (Lipinski definition) is 5. The maximum atomic E-state index is 9.93. The smallest absolute Gasteiger partial charge is 0.141 e. The number of aliphatic hydroxyl groups is 1. The van der Waals surface area contributed by atoms with Gasteiger partial charge in [-0.3, -0.25) is 4.98 Å². The third kappa shape index (κ3) is 4.48. The number of rotatable bonds is 8. The maximum absolute atomic E-state index is 9.93. The van der Waals surface area contributed by atoms with Crippen molar-refractivity contribution < 1.29 is 10.2 Å². The lowest BCUT2D eigenvalue weighted by Gasteiger charge is -2.12. The SMILES string of the molecule is CCSCCCNCc1c(CO)cnc(C)c1O. The number of thioether (sulfide) groups is 1. The number of nitrogens with one attached hydrogen (secondary N) is 1. The molecule has 0 aliphatic carbocycles. The van der Waals surface area contributed by atoms with Crippen LogP contribution in [0.2, 0.25) is 0 Å². The molecule has 0 aromatic carbocycles. The molecule has 1 heterocycles. The minimum Gasteiger partial charge on any atom is -0.506 e. The van der Waals surface area contributed by atoms with Crippen molar-refractivity contribution in [2.24, 2.45) is 0 Å². The monoisotopic (exact) mass is 270 g/mol. The first-order chi connectivity index (χ1) is 8.70. The second-order valence-electron chi connectivity index (χ2n) is 4.08. The largest absolute Gasteiger partial charge is 0.506 e. The van der Waals surface area contributed by atoms with Crippen molar-refractivity contribution in [1.82, 2.24) is 10.3 Å². The molecule has 102 valence electrons. The van der Waals surface area contributed by atoms with E-state index < -0.39 is 0 Å². The molecule has 0 radical (unpaired) electrons. The Bertz CT molecular complexity index is 372. The normalized spacial score (nSPS) is 10.8. The van der Waals surface area contributed by atoms with Crippen LogP contribution in [0.3, 0.4) is 0 Å². The second kappa shape index (κ2) is 8.34. The number of pyridine rings is 1. The van der Waals surface area contributed by atoms with E-state index in [0.29, 0.717) is 17.8 Å². The van der Waals surface area contributed by atoms with Gasteiger partial charge in [-0.25, -0.2) is 0 Å². The van der Waals surface area contributed by atoms with E-state index in [1.54, 1.807) is 13.1 Å². The van der Waals surface area contributed by atoms with Crippen LogP contribution in [0.15, 0.2) is 6.20 Å². The van der Waals surface area contributed by atoms with E-state index in [1.165, 1.54) is 0 Å². The van der Waals surface area contributed by atoms with Crippen LogP contribution >= 0.6 is 11.8 Å². The van der Waals surface area contributed by atoms with Gasteiger partial charge in [0.1, 0.15) is 5.75 Å². The summed E-state index contributed by atoms with van der Waals surface area (Å²) in [4.78, 5) is 4.04. The Morgan fingerprint density at radius 2 is 2.22 bits per heavy atom. The van der Waals surface area contributed by atoms with Gasteiger partial charge >= 0.3 is 0 Å². The highest BCUT2D eigenvalue weighted by atomic mass is 32.2. The zero-order chi connectivity index (χ0) is 13.4. The summed E-state index contributed by atoms with van der Waals surface area (Å²) in [5.74, 6) is 2.49. The number of aliphatic hydroxyl groups excluding tert-OH is 1. The van der Waals surface area contributed by atoms with E-state index in [-0.39, 0.29) is 12.4 Å². The van der Waals surface area contributed by atoms with Gasteiger partial charge < -0.3 is 15.5 Å². The average molecular weight is 270 g/mol. The van der Waals surface area contributed by atoms with Crippen molar-refractivity contribution in [3.05, 3.63) is 23.0 Å². The molecule has 0 fully saturated rings. The second-order valence-corrected chi connectivity index (χ2v) is 5.48. The molecule has 1 aromatic rings. The van der Waals surface area contributed by atoms with Crippen LogP contribution < -0.4 is 5.32 Å². The minimum atomic E-state index is -0.0937. The van der Waals surface area contributed by atoms with E-state index >= 15 is 0 Å². The number of nitrogens with zero attached hydrogens (tertiary/aromatic N) is 1. The first kappa shape index (κ1) is 15.3. The van der Waals surface area contributed by atoms with E-state index in [0.717, 1.165) is 30.0 Å². The van der Waals surface area contributed by atoms with Crippen LogP contribution in [0.1, 0.15) is 30.2 Å². The van der Waals surface area contributed by atoms with Crippen molar-refractivity contribution in [1.29, 1.82) is 0 Å². The predicted molar refractivity (Wildman–Crippen MR) is 75.9 cm³/mol. The zero-order valence-corrected chi connectivity index (χ0v) is 11.9. The van der Waals surface area contributed by atoms with Gasteiger partial charge in [-0.2, -0.15) is 11.8 Å². The van der Waals surface area contributed by atoms with Gasteiger partial charge in [0.15, 0.2) is 0 Å². The standard InChI is InChI=1S/C13H22N2O2S/c1-3-18-6-4-5-14-8-12-11(9-16)7-15-10(2)13(12)17/h7,14,16-17H,3-6,8-9H2,1-2H3. The molecular formula is C13H22N2O2S. The first-order valence-electron chi connectivity index (χ1n) is 6.26. The summed E-state index contributed by atoms with van der Waals surface area (Å²) in [6.45, 7) is 5.31. The average Bonchev–Trinajstić information content (AvgIpc) is 2.38. The fourth-order valence-electron chi connectivity index (χ4n) is 1.67. The van der Waals surface area contributed by atoms with Gasteiger partial charge in [0.05, 0.1) is 12.3 Å². The Morgan fingerprint density at radius 3 is 2.89 bits per heavy atom. The highest BCUT2D eigenvalue weighted by molar-refractivity contribution is 7.99. The molecule has 0 bridgehead atoms. The van der Waals surface area contributed by atoms with E-state index in [2.05, 4.69) is 17.2 Å². The van der Waals surface area contributed by atoms with E-state index in [9.17, 15) is 10.2 Å². The molecule has 4 nitrogen and oxygen atoms in total. The molecule has 0 saturated heterocycles. The van der Waals surface area contributed by atoms with Crippen LogP contribution in [0, 0.1) is 6.92 Å². The molecule has 0 atom stereocenters. The van der Waals surface area contributed by atoms with Gasteiger partial charge in [0.2, 0.25) is 0 Å². The van der Waals surface area contributed by atoms with Crippen molar-refractivity contribution in [2.75, 3.05) is 18.1 Å². The van der Waals surface area contributed by atoms with Crippen LogP contribution in [0.4, 0.5) is 0 Å². The van der Waals surface area contributed by atoms with Crippen LogP contribution in [0.5, 0.6) is 5.75 Å². The fourth-order valence-corrected chi connectivity index (χ4v) is 2.31. The Kier molecular flexibility index (Phi) is 7.08. The topological polar surface area (TPSA) is 65.4 Å². The summed E-state index contributed by atoms with van der Waals surface area (Å²) >= 11 is 1.93. The van der Waals surface area contributed by atoms with Gasteiger partial charge in [0.25, 0.3) is 0 Å². The van der Waals surface area contributed by atoms with Crippen LogP contribution in [-0.4, -0.2) is 33.2 Å². The van der Waals surface area contributed by atoms with Gasteiger partial charge in [-0.1, -0.05) is 6.92 Å². The van der Waals surface area contributed by atoms with Crippen molar-refractivity contribution in [3.63, 3.8) is 0 Å². The molecule has 5 heteroatoms. The van der Waals surface area contributed by atoms with Crippen LogP contribution in [0.25, 0.3) is 0 Å². The van der Waals surface area contributed by atoms with Gasteiger partial charge in [0, 0.05) is 23.9 Å². The molecule has 1 aromatic heterocycles. The van der Waals surface area contributed by atoms with Crippen molar-refractivity contribution >= 4 is 11.8 Å². The molecule has 0 aliphatic heterocycles. The predicted octanol–water partition coefficient (Wildman–Crippen LogP) is 1.82. The number of hydrogen-bond donors (Lipinski definition) is 3. The lowest BCUT2D eigenvalue weighted by Crippen LogP contribution is -2.17. The Hall–Kier alpha value is -0.780. The quantitative estimate of drug-likeness (QED) is 0.629. The summed E-state index contributed by atoms with van der Waals surface area (Å²) in [5.41, 5.74) is 2.05. The Morgan fingerprint density at radius 1 is 1.44 bits per heavy atom.